The van der Waals surface area contributed by atoms with Crippen molar-refractivity contribution >= 4 is 34.6 Å². The van der Waals surface area contributed by atoms with Gasteiger partial charge in [-0.05, 0) is 17.9 Å². The number of carboxylic acid groups (broad SMARTS) is 1. The van der Waals surface area contributed by atoms with Gasteiger partial charge in [0.1, 0.15) is 10.7 Å². The maximum absolute atomic E-state index is 12.0. The lowest BCUT2D eigenvalue weighted by Gasteiger charge is -2.13. The Morgan fingerprint density at radius 2 is 2.25 bits per heavy atom. The van der Waals surface area contributed by atoms with Crippen molar-refractivity contribution in [3.63, 3.8) is 0 Å². The first-order chi connectivity index (χ1) is 9.60. The minimum Gasteiger partial charge on any atom is -0.481 e. The number of hydrogen-bond acceptors (Lipinski definition) is 5. The van der Waals surface area contributed by atoms with Crippen LogP contribution in [0.1, 0.15) is 30.3 Å². The molecule has 2 heterocycles. The largest absolute Gasteiger partial charge is 0.481 e. The number of carbonyl (C=O) groups is 2. The number of thiophene rings is 1. The lowest BCUT2D eigenvalue weighted by atomic mass is 10.1. The predicted octanol–water partition coefficient (Wildman–Crippen LogP) is 2.85. The molecule has 1 atom stereocenters. The van der Waals surface area contributed by atoms with E-state index in [-0.39, 0.29) is 18.4 Å². The highest BCUT2D eigenvalue weighted by atomic mass is 32.1. The zero-order valence-corrected chi connectivity index (χ0v) is 12.5. The summed E-state index contributed by atoms with van der Waals surface area (Å²) in [6.45, 7) is 1.84. The molecule has 106 valence electrons. The molecule has 1 amide bonds. The second kappa shape index (κ2) is 6.62. The summed E-state index contributed by atoms with van der Waals surface area (Å²) < 4.78 is 0. The Bertz CT molecular complexity index is 593. The maximum Gasteiger partial charge on any atom is 0.305 e. The molecule has 1 unspecified atom stereocenters. The number of carboxylic acids is 1. The van der Waals surface area contributed by atoms with E-state index in [1.807, 2.05) is 23.8 Å². The quantitative estimate of drug-likeness (QED) is 0.860. The van der Waals surface area contributed by atoms with E-state index in [1.165, 1.54) is 11.3 Å². The molecule has 2 aromatic heterocycles. The fourth-order valence-corrected chi connectivity index (χ4v) is 3.18. The fraction of sp³-hybridized carbons (Fsp3) is 0.308. The van der Waals surface area contributed by atoms with E-state index in [0.29, 0.717) is 12.1 Å². The first-order valence-electron chi connectivity index (χ1n) is 6.11. The van der Waals surface area contributed by atoms with Gasteiger partial charge in [0, 0.05) is 22.4 Å². The number of amides is 1. The predicted molar refractivity (Wildman–Crippen MR) is 79.2 cm³/mol. The molecule has 0 radical (unpaired) electrons. The van der Waals surface area contributed by atoms with Crippen LogP contribution in [0.15, 0.2) is 22.2 Å². The number of hydrogen-bond donors (Lipinski definition) is 2. The second-order valence-corrected chi connectivity index (χ2v) is 5.86. The van der Waals surface area contributed by atoms with Crippen molar-refractivity contribution in [3.8, 4) is 10.6 Å². The van der Waals surface area contributed by atoms with Gasteiger partial charge >= 0.3 is 5.97 Å². The van der Waals surface area contributed by atoms with Crippen LogP contribution in [-0.2, 0) is 4.79 Å². The van der Waals surface area contributed by atoms with Crippen LogP contribution < -0.4 is 5.32 Å². The van der Waals surface area contributed by atoms with Crippen molar-refractivity contribution in [3.05, 3.63) is 27.9 Å². The van der Waals surface area contributed by atoms with Crippen molar-refractivity contribution < 1.29 is 14.7 Å². The van der Waals surface area contributed by atoms with Crippen molar-refractivity contribution in [1.82, 2.24) is 10.3 Å². The Morgan fingerprint density at radius 1 is 1.45 bits per heavy atom. The van der Waals surface area contributed by atoms with Crippen LogP contribution >= 0.6 is 22.7 Å². The molecule has 2 N–H and O–H groups in total. The number of aromatic nitrogens is 1. The van der Waals surface area contributed by atoms with E-state index < -0.39 is 5.97 Å². The molecular formula is C13H14N2O3S2. The Kier molecular flexibility index (Phi) is 4.86. The normalized spacial score (nSPS) is 12.1. The molecule has 0 aliphatic heterocycles. The Hall–Kier alpha value is -1.73. The summed E-state index contributed by atoms with van der Waals surface area (Å²) >= 11 is 2.98. The highest BCUT2D eigenvalue weighted by Crippen LogP contribution is 2.25. The van der Waals surface area contributed by atoms with Gasteiger partial charge in [-0.15, -0.1) is 11.3 Å². The Labute approximate surface area is 124 Å². The van der Waals surface area contributed by atoms with Crippen LogP contribution in [0.25, 0.3) is 10.6 Å². The monoisotopic (exact) mass is 310 g/mol. The highest BCUT2D eigenvalue weighted by Gasteiger charge is 2.17. The third kappa shape index (κ3) is 3.64. The van der Waals surface area contributed by atoms with Gasteiger partial charge in [-0.3, -0.25) is 9.59 Å². The van der Waals surface area contributed by atoms with Gasteiger partial charge in [-0.2, -0.15) is 11.3 Å². The molecule has 0 bridgehead atoms. The van der Waals surface area contributed by atoms with E-state index in [0.717, 1.165) is 10.6 Å². The molecule has 2 aromatic rings. The first-order valence-corrected chi connectivity index (χ1v) is 7.93. The summed E-state index contributed by atoms with van der Waals surface area (Å²) in [6.07, 6.45) is 0.489. The maximum atomic E-state index is 12.0. The van der Waals surface area contributed by atoms with Crippen LogP contribution in [0, 0.1) is 0 Å². The number of nitrogens with zero attached hydrogens (tertiary/aromatic N) is 1. The summed E-state index contributed by atoms with van der Waals surface area (Å²) in [4.78, 5) is 27.0. The minimum atomic E-state index is -0.922. The molecule has 0 fully saturated rings. The van der Waals surface area contributed by atoms with Gasteiger partial charge in [-0.1, -0.05) is 6.92 Å². The third-order valence-electron chi connectivity index (χ3n) is 2.75. The molecule has 2 rings (SSSR count). The molecule has 0 spiro atoms. The van der Waals surface area contributed by atoms with Gasteiger partial charge < -0.3 is 10.4 Å². The molecule has 5 nitrogen and oxygen atoms in total. The second-order valence-electron chi connectivity index (χ2n) is 4.23. The number of rotatable bonds is 6. The average Bonchev–Trinajstić information content (AvgIpc) is 3.07. The van der Waals surface area contributed by atoms with Gasteiger partial charge in [0.05, 0.1) is 6.42 Å². The summed E-state index contributed by atoms with van der Waals surface area (Å²) in [5.41, 5.74) is 1.33. The number of thiazole rings is 1. The zero-order valence-electron chi connectivity index (χ0n) is 10.8. The van der Waals surface area contributed by atoms with Crippen molar-refractivity contribution in [2.75, 3.05) is 0 Å². The summed E-state index contributed by atoms with van der Waals surface area (Å²) in [7, 11) is 0. The van der Waals surface area contributed by atoms with E-state index >= 15 is 0 Å². The SMILES string of the molecule is CCC(CC(=O)O)NC(=O)c1csc(-c2ccsc2)n1. The van der Waals surface area contributed by atoms with Crippen molar-refractivity contribution in [2.45, 2.75) is 25.8 Å². The molecule has 7 heteroatoms. The Morgan fingerprint density at radius 3 is 2.85 bits per heavy atom. The fourth-order valence-electron chi connectivity index (χ4n) is 1.66. The van der Waals surface area contributed by atoms with E-state index in [9.17, 15) is 9.59 Å². The lowest BCUT2D eigenvalue weighted by Crippen LogP contribution is -2.36. The van der Waals surface area contributed by atoms with Crippen LogP contribution in [0.5, 0.6) is 0 Å². The van der Waals surface area contributed by atoms with Crippen molar-refractivity contribution in [1.29, 1.82) is 0 Å². The highest BCUT2D eigenvalue weighted by molar-refractivity contribution is 7.14. The van der Waals surface area contributed by atoms with Gasteiger partial charge in [0.15, 0.2) is 0 Å². The van der Waals surface area contributed by atoms with Crippen LogP contribution in [0.2, 0.25) is 0 Å². The molecule has 0 aliphatic rings. The van der Waals surface area contributed by atoms with Gasteiger partial charge in [0.2, 0.25) is 0 Å². The van der Waals surface area contributed by atoms with Crippen LogP contribution in [-0.4, -0.2) is 28.0 Å². The number of nitrogens with one attached hydrogen (secondary N) is 1. The average molecular weight is 310 g/mol. The minimum absolute atomic E-state index is 0.0796. The molecular weight excluding hydrogens is 296 g/mol. The standard InChI is InChI=1S/C13H14N2O3S2/c1-2-9(5-11(16)17)14-12(18)10-7-20-13(15-10)8-3-4-19-6-8/h3-4,6-7,9H,2,5H2,1H3,(H,14,18)(H,16,17). The van der Waals surface area contributed by atoms with E-state index in [2.05, 4.69) is 10.3 Å². The van der Waals surface area contributed by atoms with E-state index in [4.69, 9.17) is 5.11 Å². The van der Waals surface area contributed by atoms with E-state index in [1.54, 1.807) is 16.7 Å². The topological polar surface area (TPSA) is 79.3 Å². The Balaban J connectivity index is 2.04. The molecule has 0 saturated carbocycles. The summed E-state index contributed by atoms with van der Waals surface area (Å²) in [5, 5.41) is 17.9. The number of aliphatic carboxylic acids is 1. The van der Waals surface area contributed by atoms with Crippen LogP contribution in [0.4, 0.5) is 0 Å². The van der Waals surface area contributed by atoms with Gasteiger partial charge in [-0.25, -0.2) is 4.98 Å². The summed E-state index contributed by atoms with van der Waals surface area (Å²) in [5.74, 6) is -1.25. The molecule has 0 saturated heterocycles. The molecule has 0 aliphatic carbocycles. The first kappa shape index (κ1) is 14.7. The molecule has 0 aromatic carbocycles. The third-order valence-corrected chi connectivity index (χ3v) is 4.33. The molecule has 20 heavy (non-hydrogen) atoms. The van der Waals surface area contributed by atoms with Crippen molar-refractivity contribution in [2.24, 2.45) is 0 Å². The summed E-state index contributed by atoms with van der Waals surface area (Å²) in [6, 6.07) is 1.58. The number of carbonyl (C=O) groups excluding carboxylic acids is 1. The lowest BCUT2D eigenvalue weighted by molar-refractivity contribution is -0.137. The smallest absolute Gasteiger partial charge is 0.305 e. The van der Waals surface area contributed by atoms with Crippen LogP contribution in [0.3, 0.4) is 0 Å². The zero-order chi connectivity index (χ0) is 14.5. The van der Waals surface area contributed by atoms with Gasteiger partial charge in [0.25, 0.3) is 5.91 Å².